The lowest BCUT2D eigenvalue weighted by Crippen LogP contribution is -1.93. The maximum absolute atomic E-state index is 5.62. The minimum Gasteiger partial charge on any atom is -0.322 e. The van der Waals surface area contributed by atoms with Crippen LogP contribution in [0.1, 0.15) is 25.1 Å². The molecule has 0 radical (unpaired) electrons. The fourth-order valence-electron chi connectivity index (χ4n) is 1.70. The molecule has 2 aromatic rings. The standard InChI is InChI=1S/C15H20N3O2PS3/c1-3-19-21(22,20-4-2)24-12-14-11-23-15(17-14)18-16-10-13-8-6-5-7-9-13/h5-11H,3-4,12H2,1-2H3,(H,17,18)/b16-10+. The Labute approximate surface area is 155 Å². The molecule has 24 heavy (non-hydrogen) atoms. The molecule has 0 unspecified atom stereocenters. The fraction of sp³-hybridized carbons (Fsp3) is 0.333. The van der Waals surface area contributed by atoms with Gasteiger partial charge in [0.25, 0.3) is 0 Å². The Morgan fingerprint density at radius 2 is 2.00 bits per heavy atom. The van der Waals surface area contributed by atoms with Gasteiger partial charge in [-0.05, 0) is 31.2 Å². The van der Waals surface area contributed by atoms with Crippen LogP contribution in [0.4, 0.5) is 5.13 Å². The van der Waals surface area contributed by atoms with Crippen LogP contribution in [0.2, 0.25) is 0 Å². The molecular weight excluding hydrogens is 381 g/mol. The van der Waals surface area contributed by atoms with Gasteiger partial charge in [-0.1, -0.05) is 41.7 Å². The average Bonchev–Trinajstić information content (AvgIpc) is 3.03. The third-order valence-corrected chi connectivity index (χ3v) is 8.91. The lowest BCUT2D eigenvalue weighted by Gasteiger charge is -2.19. The van der Waals surface area contributed by atoms with E-state index in [9.17, 15) is 0 Å². The highest BCUT2D eigenvalue weighted by atomic mass is 32.9. The number of hydrogen-bond donors (Lipinski definition) is 1. The molecule has 0 amide bonds. The van der Waals surface area contributed by atoms with Crippen LogP contribution >= 0.6 is 28.4 Å². The molecule has 0 aliphatic carbocycles. The van der Waals surface area contributed by atoms with Crippen LogP contribution in [0.5, 0.6) is 0 Å². The van der Waals surface area contributed by atoms with Crippen molar-refractivity contribution < 1.29 is 9.05 Å². The Kier molecular flexibility index (Phi) is 8.38. The van der Waals surface area contributed by atoms with Crippen LogP contribution in [0, 0.1) is 0 Å². The van der Waals surface area contributed by atoms with E-state index >= 15 is 0 Å². The molecule has 0 saturated heterocycles. The maximum Gasteiger partial charge on any atom is 0.247 e. The van der Waals surface area contributed by atoms with Gasteiger partial charge in [-0.15, -0.1) is 11.3 Å². The number of anilines is 1. The number of rotatable bonds is 10. The van der Waals surface area contributed by atoms with E-state index < -0.39 is 5.69 Å². The SMILES string of the molecule is CCOP(=S)(OCC)SCc1csc(N/N=C/c2ccccc2)n1. The van der Waals surface area contributed by atoms with Crippen molar-refractivity contribution in [2.24, 2.45) is 5.10 Å². The van der Waals surface area contributed by atoms with Gasteiger partial charge in [0.2, 0.25) is 10.8 Å². The summed E-state index contributed by atoms with van der Waals surface area (Å²) in [6.45, 7) is 4.97. The minimum atomic E-state index is -2.27. The number of hydrogen-bond acceptors (Lipinski definition) is 8. The summed E-state index contributed by atoms with van der Waals surface area (Å²) in [6, 6.07) is 9.90. The summed E-state index contributed by atoms with van der Waals surface area (Å²) in [7, 11) is 0. The second-order valence-corrected chi connectivity index (χ2v) is 11.6. The summed E-state index contributed by atoms with van der Waals surface area (Å²) < 4.78 is 11.2. The molecule has 0 bridgehead atoms. The van der Waals surface area contributed by atoms with Gasteiger partial charge in [-0.3, -0.25) is 5.43 Å². The number of nitrogens with one attached hydrogen (secondary N) is 1. The van der Waals surface area contributed by atoms with Crippen LogP contribution < -0.4 is 5.43 Å². The van der Waals surface area contributed by atoms with Gasteiger partial charge in [-0.25, -0.2) is 4.98 Å². The van der Waals surface area contributed by atoms with Gasteiger partial charge in [0.1, 0.15) is 0 Å². The lowest BCUT2D eigenvalue weighted by molar-refractivity contribution is 0.280. The van der Waals surface area contributed by atoms with E-state index in [1.54, 1.807) is 6.21 Å². The zero-order valence-electron chi connectivity index (χ0n) is 13.5. The van der Waals surface area contributed by atoms with Crippen molar-refractivity contribution in [3.8, 4) is 0 Å². The van der Waals surface area contributed by atoms with Gasteiger partial charge in [-0.2, -0.15) is 5.10 Å². The van der Waals surface area contributed by atoms with Gasteiger partial charge in [0.05, 0.1) is 25.1 Å². The number of aromatic nitrogens is 1. The van der Waals surface area contributed by atoms with Crippen molar-refractivity contribution in [3.05, 3.63) is 47.0 Å². The number of benzene rings is 1. The van der Waals surface area contributed by atoms with Gasteiger partial charge >= 0.3 is 0 Å². The molecule has 5 nitrogen and oxygen atoms in total. The summed E-state index contributed by atoms with van der Waals surface area (Å²) in [4.78, 5) is 4.50. The summed E-state index contributed by atoms with van der Waals surface area (Å²) in [6.07, 6.45) is 1.76. The van der Waals surface area contributed by atoms with E-state index in [-0.39, 0.29) is 0 Å². The Morgan fingerprint density at radius 3 is 2.67 bits per heavy atom. The Hall–Kier alpha value is -0.760. The first kappa shape index (κ1) is 19.6. The molecule has 1 aromatic carbocycles. The maximum atomic E-state index is 5.62. The quantitative estimate of drug-likeness (QED) is 0.339. The molecule has 1 N–H and O–H groups in total. The summed E-state index contributed by atoms with van der Waals surface area (Å²) >= 11 is 8.53. The van der Waals surface area contributed by atoms with Gasteiger partial charge in [0, 0.05) is 11.1 Å². The average molecular weight is 402 g/mol. The van der Waals surface area contributed by atoms with Crippen LogP contribution in [0.15, 0.2) is 40.8 Å². The third-order valence-electron chi connectivity index (χ3n) is 2.67. The predicted molar refractivity (Wildman–Crippen MR) is 109 cm³/mol. The summed E-state index contributed by atoms with van der Waals surface area (Å²) in [5.74, 6) is 0.665. The first-order valence-electron chi connectivity index (χ1n) is 7.47. The summed E-state index contributed by atoms with van der Waals surface area (Å²) in [5.41, 5.74) is 2.65. The smallest absolute Gasteiger partial charge is 0.247 e. The van der Waals surface area contributed by atoms with E-state index in [0.29, 0.717) is 19.0 Å². The molecule has 9 heteroatoms. The van der Waals surface area contributed by atoms with Crippen LogP contribution in [0.25, 0.3) is 0 Å². The third kappa shape index (κ3) is 6.63. The number of thiazole rings is 1. The predicted octanol–water partition coefficient (Wildman–Crippen LogP) is 5.12. The van der Waals surface area contributed by atoms with E-state index in [1.807, 2.05) is 49.6 Å². The molecule has 1 aromatic heterocycles. The Balaban J connectivity index is 1.86. The highest BCUT2D eigenvalue weighted by Crippen LogP contribution is 2.61. The number of hydrazone groups is 1. The molecular formula is C15H20N3O2PS3. The second kappa shape index (κ2) is 10.3. The normalized spacial score (nSPS) is 11.9. The largest absolute Gasteiger partial charge is 0.322 e. The molecule has 2 rings (SSSR count). The van der Waals surface area contributed by atoms with Crippen LogP contribution in [-0.4, -0.2) is 24.4 Å². The minimum absolute atomic E-state index is 0.558. The zero-order chi connectivity index (χ0) is 17.3. The molecule has 0 aliphatic heterocycles. The van der Waals surface area contributed by atoms with Crippen molar-refractivity contribution >= 4 is 51.6 Å². The monoisotopic (exact) mass is 401 g/mol. The van der Waals surface area contributed by atoms with Gasteiger partial charge < -0.3 is 9.05 Å². The molecule has 130 valence electrons. The molecule has 0 saturated carbocycles. The second-order valence-electron chi connectivity index (χ2n) is 4.48. The zero-order valence-corrected chi connectivity index (χ0v) is 16.9. The van der Waals surface area contributed by atoms with E-state index in [4.69, 9.17) is 20.9 Å². The van der Waals surface area contributed by atoms with E-state index in [2.05, 4.69) is 15.5 Å². The highest BCUT2D eigenvalue weighted by Gasteiger charge is 2.19. The molecule has 0 spiro atoms. The van der Waals surface area contributed by atoms with Crippen molar-refractivity contribution in [3.63, 3.8) is 0 Å². The van der Waals surface area contributed by atoms with E-state index in [0.717, 1.165) is 16.4 Å². The van der Waals surface area contributed by atoms with Crippen LogP contribution in [0.3, 0.4) is 0 Å². The molecule has 0 aliphatic rings. The van der Waals surface area contributed by atoms with Crippen LogP contribution in [-0.2, 0) is 26.6 Å². The van der Waals surface area contributed by atoms with Crippen molar-refractivity contribution in [1.29, 1.82) is 0 Å². The Bertz CT molecular complexity index is 684. The number of nitrogens with zero attached hydrogens (tertiary/aromatic N) is 2. The molecule has 0 fully saturated rings. The topological polar surface area (TPSA) is 55.7 Å². The molecule has 0 atom stereocenters. The molecule has 1 heterocycles. The lowest BCUT2D eigenvalue weighted by atomic mass is 10.2. The first-order chi connectivity index (χ1) is 11.6. The fourth-order valence-corrected chi connectivity index (χ4v) is 6.82. The summed E-state index contributed by atoms with van der Waals surface area (Å²) in [5, 5.41) is 6.94. The highest BCUT2D eigenvalue weighted by molar-refractivity contribution is 8.67. The first-order valence-corrected chi connectivity index (χ1v) is 12.6. The Morgan fingerprint density at radius 1 is 1.29 bits per heavy atom. The van der Waals surface area contributed by atoms with Crippen molar-refractivity contribution in [1.82, 2.24) is 4.98 Å². The van der Waals surface area contributed by atoms with Crippen molar-refractivity contribution in [2.45, 2.75) is 19.6 Å². The van der Waals surface area contributed by atoms with Gasteiger partial charge in [0.15, 0.2) is 0 Å². The van der Waals surface area contributed by atoms with Crippen molar-refractivity contribution in [2.75, 3.05) is 18.6 Å². The van der Waals surface area contributed by atoms with E-state index in [1.165, 1.54) is 22.7 Å².